The summed E-state index contributed by atoms with van der Waals surface area (Å²) >= 11 is 0. The molecule has 3 rings (SSSR count). The SMILES string of the molecule is Cc1ccccc1C(N)=[N+](C(N)C1=CCCC=C1)C1C(CC(C)C)=CC(C#N)=CC1CC(C)C. The summed E-state index contributed by atoms with van der Waals surface area (Å²) in [7, 11) is 0. The third-order valence-corrected chi connectivity index (χ3v) is 6.70. The van der Waals surface area contributed by atoms with E-state index in [1.807, 2.05) is 12.1 Å². The molecule has 0 amide bonds. The molecule has 4 nitrogen and oxygen atoms in total. The predicted molar refractivity (Wildman–Crippen MR) is 142 cm³/mol. The molecule has 2 aliphatic rings. The molecule has 0 aliphatic heterocycles. The lowest BCUT2D eigenvalue weighted by Gasteiger charge is -2.36. The van der Waals surface area contributed by atoms with Gasteiger partial charge in [-0.3, -0.25) is 11.5 Å². The van der Waals surface area contributed by atoms with E-state index < -0.39 is 0 Å². The van der Waals surface area contributed by atoms with Gasteiger partial charge in [0.05, 0.1) is 11.6 Å². The molecule has 0 saturated carbocycles. The van der Waals surface area contributed by atoms with Gasteiger partial charge in [0, 0.05) is 17.1 Å². The highest BCUT2D eigenvalue weighted by atomic mass is 15.2. The van der Waals surface area contributed by atoms with Gasteiger partial charge in [0.1, 0.15) is 6.04 Å². The second-order valence-corrected chi connectivity index (χ2v) is 10.5. The van der Waals surface area contributed by atoms with Crippen molar-refractivity contribution in [3.63, 3.8) is 0 Å². The Morgan fingerprint density at radius 2 is 1.88 bits per heavy atom. The van der Waals surface area contributed by atoms with E-state index in [1.165, 1.54) is 5.57 Å². The standard InChI is InChI=1S/C30H40N4/c1-20(2)15-25-17-23(19-31)18-26(16-21(3)4)28(25)34(29(32)24-12-7-6-8-13-24)30(33)27-14-10-9-11-22(27)5/h7,9-14,17-18,20-21,25,28-29,33H,6,8,15-16,32H2,1-5H3/p+1. The van der Waals surface area contributed by atoms with Crippen molar-refractivity contribution in [2.24, 2.45) is 29.2 Å². The summed E-state index contributed by atoms with van der Waals surface area (Å²) in [5.41, 5.74) is 19.3. The highest BCUT2D eigenvalue weighted by Crippen LogP contribution is 2.35. The van der Waals surface area contributed by atoms with Gasteiger partial charge < -0.3 is 0 Å². The molecule has 1 aromatic rings. The van der Waals surface area contributed by atoms with Crippen molar-refractivity contribution in [1.29, 1.82) is 5.26 Å². The molecule has 0 heterocycles. The Balaban J connectivity index is 2.27. The molecule has 180 valence electrons. The number of hydrogen-bond donors (Lipinski definition) is 2. The van der Waals surface area contributed by atoms with Crippen molar-refractivity contribution in [2.75, 3.05) is 0 Å². The maximum absolute atomic E-state index is 9.81. The van der Waals surface area contributed by atoms with E-state index >= 15 is 0 Å². The number of benzene rings is 1. The zero-order chi connectivity index (χ0) is 24.8. The van der Waals surface area contributed by atoms with Crippen LogP contribution in [0.4, 0.5) is 0 Å². The van der Waals surface area contributed by atoms with Crippen LogP contribution in [0.1, 0.15) is 64.5 Å². The number of hydrogen-bond acceptors (Lipinski definition) is 2. The summed E-state index contributed by atoms with van der Waals surface area (Å²) < 4.78 is 2.25. The van der Waals surface area contributed by atoms with Crippen LogP contribution in [0.25, 0.3) is 0 Å². The van der Waals surface area contributed by atoms with Crippen LogP contribution in [0.5, 0.6) is 0 Å². The number of allylic oxidation sites excluding steroid dienone is 4. The number of amidine groups is 1. The topological polar surface area (TPSA) is 78.8 Å². The third kappa shape index (κ3) is 5.96. The zero-order valence-corrected chi connectivity index (χ0v) is 21.5. The molecule has 0 saturated heterocycles. The zero-order valence-electron chi connectivity index (χ0n) is 21.5. The van der Waals surface area contributed by atoms with Crippen molar-refractivity contribution in [3.05, 3.63) is 82.5 Å². The summed E-state index contributed by atoms with van der Waals surface area (Å²) in [6.07, 6.45) is 14.3. The second kappa shape index (κ2) is 11.5. The van der Waals surface area contributed by atoms with E-state index in [0.29, 0.717) is 17.7 Å². The Morgan fingerprint density at radius 1 is 1.15 bits per heavy atom. The summed E-state index contributed by atoms with van der Waals surface area (Å²) in [5, 5.41) is 9.81. The van der Waals surface area contributed by atoms with Crippen LogP contribution in [0.2, 0.25) is 0 Å². The molecule has 0 spiro atoms. The van der Waals surface area contributed by atoms with Gasteiger partial charge >= 0.3 is 0 Å². The molecule has 2 aliphatic carbocycles. The molecule has 0 radical (unpaired) electrons. The minimum absolute atomic E-state index is 0.00673. The number of aryl methyl sites for hydroxylation is 1. The number of nitriles is 1. The molecular weight excluding hydrogens is 416 g/mol. The lowest BCUT2D eigenvalue weighted by atomic mass is 9.77. The molecule has 4 heteroatoms. The third-order valence-electron chi connectivity index (χ3n) is 6.70. The van der Waals surface area contributed by atoms with Crippen LogP contribution in [0.3, 0.4) is 0 Å². The van der Waals surface area contributed by atoms with Crippen LogP contribution in [0, 0.1) is 36.0 Å². The van der Waals surface area contributed by atoms with Crippen molar-refractivity contribution < 1.29 is 4.58 Å². The lowest BCUT2D eigenvalue weighted by Crippen LogP contribution is -2.52. The first kappa shape index (κ1) is 25.7. The lowest BCUT2D eigenvalue weighted by molar-refractivity contribution is -0.590. The van der Waals surface area contributed by atoms with Gasteiger partial charge in [-0.2, -0.15) is 5.26 Å². The quantitative estimate of drug-likeness (QED) is 0.226. The average molecular weight is 458 g/mol. The Morgan fingerprint density at radius 3 is 2.47 bits per heavy atom. The van der Waals surface area contributed by atoms with Gasteiger partial charge in [0.2, 0.25) is 0 Å². The number of rotatable bonds is 8. The fourth-order valence-corrected chi connectivity index (χ4v) is 5.26. The molecule has 4 N–H and O–H groups in total. The van der Waals surface area contributed by atoms with Gasteiger partial charge in [-0.05, 0) is 67.7 Å². The predicted octanol–water partition coefficient (Wildman–Crippen LogP) is 5.74. The first-order chi connectivity index (χ1) is 16.2. The minimum atomic E-state index is -0.372. The fourth-order valence-electron chi connectivity index (χ4n) is 5.26. The number of nitrogens with zero attached hydrogens (tertiary/aromatic N) is 2. The largest absolute Gasteiger partial charge is 0.289 e. The Hall–Kier alpha value is -2.90. The van der Waals surface area contributed by atoms with Gasteiger partial charge in [-0.1, -0.05) is 70.2 Å². The van der Waals surface area contributed by atoms with Crippen LogP contribution in [-0.2, 0) is 0 Å². The van der Waals surface area contributed by atoms with Crippen LogP contribution < -0.4 is 11.5 Å². The highest BCUT2D eigenvalue weighted by Gasteiger charge is 2.39. The summed E-state index contributed by atoms with van der Waals surface area (Å²) in [4.78, 5) is 0. The maximum Gasteiger partial charge on any atom is 0.277 e. The monoisotopic (exact) mass is 457 g/mol. The van der Waals surface area contributed by atoms with Gasteiger partial charge in [-0.15, -0.1) is 0 Å². The molecule has 0 aromatic heterocycles. The molecule has 3 atom stereocenters. The molecular formula is C30H41N4+. The minimum Gasteiger partial charge on any atom is -0.289 e. The Kier molecular flexibility index (Phi) is 8.69. The van der Waals surface area contributed by atoms with Crippen molar-refractivity contribution in [1.82, 2.24) is 0 Å². The molecule has 0 bridgehead atoms. The first-order valence-corrected chi connectivity index (χ1v) is 12.6. The Bertz CT molecular complexity index is 1080. The van der Waals surface area contributed by atoms with Gasteiger partial charge in [-0.25, -0.2) is 4.58 Å². The van der Waals surface area contributed by atoms with Crippen molar-refractivity contribution in [2.45, 2.75) is 72.5 Å². The second-order valence-electron chi connectivity index (χ2n) is 10.5. The van der Waals surface area contributed by atoms with E-state index in [1.54, 1.807) is 0 Å². The average Bonchev–Trinajstić information content (AvgIpc) is 2.80. The van der Waals surface area contributed by atoms with Crippen LogP contribution in [-0.4, -0.2) is 22.6 Å². The number of nitrogens with two attached hydrogens (primary N) is 2. The molecule has 1 aromatic carbocycles. The normalized spacial score (nSPS) is 22.0. The van der Waals surface area contributed by atoms with Crippen LogP contribution >= 0.6 is 0 Å². The van der Waals surface area contributed by atoms with Crippen LogP contribution in [0.15, 0.2) is 71.4 Å². The Labute approximate surface area is 206 Å². The van der Waals surface area contributed by atoms with Crippen molar-refractivity contribution >= 4 is 5.84 Å². The molecule has 34 heavy (non-hydrogen) atoms. The summed E-state index contributed by atoms with van der Waals surface area (Å²) in [5.74, 6) is 1.79. The first-order valence-electron chi connectivity index (χ1n) is 12.6. The van der Waals surface area contributed by atoms with E-state index in [9.17, 15) is 5.26 Å². The maximum atomic E-state index is 9.81. The van der Waals surface area contributed by atoms with E-state index in [0.717, 1.165) is 48.0 Å². The smallest absolute Gasteiger partial charge is 0.277 e. The van der Waals surface area contributed by atoms with E-state index in [-0.39, 0.29) is 18.1 Å². The highest BCUT2D eigenvalue weighted by molar-refractivity contribution is 5.95. The fraction of sp³-hybridized carbons (Fsp3) is 0.467. The molecule has 3 unspecified atom stereocenters. The van der Waals surface area contributed by atoms with Gasteiger partial charge in [0.25, 0.3) is 5.84 Å². The van der Waals surface area contributed by atoms with Crippen molar-refractivity contribution in [3.8, 4) is 6.07 Å². The summed E-state index contributed by atoms with van der Waals surface area (Å²) in [6.45, 7) is 11.0. The van der Waals surface area contributed by atoms with E-state index in [2.05, 4.69) is 87.8 Å². The van der Waals surface area contributed by atoms with Gasteiger partial charge in [0.15, 0.2) is 6.17 Å². The van der Waals surface area contributed by atoms with E-state index in [4.69, 9.17) is 11.5 Å². The summed E-state index contributed by atoms with van der Waals surface area (Å²) in [6, 6.07) is 10.6. The molecule has 0 fully saturated rings.